The monoisotopic (exact) mass is 462 g/mol. The summed E-state index contributed by atoms with van der Waals surface area (Å²) in [4.78, 5) is 35.0. The van der Waals surface area contributed by atoms with Gasteiger partial charge in [-0.25, -0.2) is 0 Å². The predicted molar refractivity (Wildman–Crippen MR) is 127 cm³/mol. The van der Waals surface area contributed by atoms with Crippen molar-refractivity contribution < 1.29 is 24.2 Å². The topological polar surface area (TPSA) is 105 Å². The molecule has 0 aromatic rings. The Morgan fingerprint density at radius 1 is 0.848 bits per heavy atom. The Balaban J connectivity index is 1.29. The van der Waals surface area contributed by atoms with Gasteiger partial charge in [0.2, 0.25) is 11.8 Å². The van der Waals surface area contributed by atoms with Crippen molar-refractivity contribution >= 4 is 17.8 Å². The fraction of sp³-hybridized carbons (Fsp3) is 0.808. The van der Waals surface area contributed by atoms with E-state index in [0.29, 0.717) is 31.2 Å². The number of carbonyl (C=O) groups excluding carboxylic acids is 2. The highest BCUT2D eigenvalue weighted by atomic mass is 16.5. The number of rotatable bonds is 14. The molecule has 2 bridgehead atoms. The summed E-state index contributed by atoms with van der Waals surface area (Å²) in [6.45, 7) is 0.618. The molecule has 4 atom stereocenters. The molecule has 186 valence electrons. The minimum absolute atomic E-state index is 0.0323. The Kier molecular flexibility index (Phi) is 10.7. The van der Waals surface area contributed by atoms with E-state index in [1.807, 2.05) is 0 Å². The molecule has 0 aromatic carbocycles. The van der Waals surface area contributed by atoms with Crippen LogP contribution in [0.15, 0.2) is 12.2 Å². The Morgan fingerprint density at radius 3 is 2.36 bits per heavy atom. The number of hydrogen-bond donors (Lipinski definition) is 3. The summed E-state index contributed by atoms with van der Waals surface area (Å²) in [5.74, 6) is 0.538. The van der Waals surface area contributed by atoms with Gasteiger partial charge in [-0.3, -0.25) is 14.4 Å². The second kappa shape index (κ2) is 13.7. The van der Waals surface area contributed by atoms with Gasteiger partial charge < -0.3 is 20.5 Å². The summed E-state index contributed by atoms with van der Waals surface area (Å²) in [7, 11) is 0. The highest BCUT2D eigenvalue weighted by Gasteiger charge is 2.47. The number of ether oxygens (including phenoxy) is 1. The zero-order valence-electron chi connectivity index (χ0n) is 19.9. The average Bonchev–Trinajstić information content (AvgIpc) is 3.41. The number of unbranched alkanes of at least 4 members (excludes halogenated alkanes) is 1. The van der Waals surface area contributed by atoms with Gasteiger partial charge in [-0.2, -0.15) is 0 Å². The van der Waals surface area contributed by atoms with E-state index in [1.165, 1.54) is 32.1 Å². The van der Waals surface area contributed by atoms with Crippen LogP contribution < -0.4 is 10.6 Å². The van der Waals surface area contributed by atoms with Crippen LogP contribution in [0.4, 0.5) is 0 Å². The largest absolute Gasteiger partial charge is 0.481 e. The van der Waals surface area contributed by atoms with Crippen molar-refractivity contribution in [2.24, 2.45) is 17.8 Å². The van der Waals surface area contributed by atoms with Crippen molar-refractivity contribution in [2.75, 3.05) is 13.1 Å². The number of carbonyl (C=O) groups is 3. The fourth-order valence-corrected chi connectivity index (χ4v) is 5.81. The number of nitrogens with one attached hydrogen (secondary N) is 2. The first-order valence-corrected chi connectivity index (χ1v) is 13.1. The van der Waals surface area contributed by atoms with Crippen molar-refractivity contribution in [1.29, 1.82) is 0 Å². The maximum absolute atomic E-state index is 12.3. The molecule has 2 saturated heterocycles. The summed E-state index contributed by atoms with van der Waals surface area (Å²) in [6, 6.07) is 0. The molecule has 1 aliphatic carbocycles. The number of fused-ring (bicyclic) bond motifs is 2. The molecule has 7 heteroatoms. The quantitative estimate of drug-likeness (QED) is 0.268. The number of amides is 2. The van der Waals surface area contributed by atoms with Crippen LogP contribution in [0.1, 0.15) is 89.9 Å². The summed E-state index contributed by atoms with van der Waals surface area (Å²) in [5, 5.41) is 14.5. The standard InChI is InChI=1S/C26H42N2O5/c29-24(13-8-11-19-9-4-3-5-10-19)28-18-25(30)27-17-21-20(22-15-16-23(21)33-22)12-6-1-2-7-14-26(31)32/h1,6,19-23H,2-5,7-18H2,(H,27,30)(H,28,29)(H,31,32)/b6-1-/t20-,21?,22+,23-/m1/s1. The Labute approximate surface area is 198 Å². The molecule has 2 heterocycles. The Morgan fingerprint density at radius 2 is 1.61 bits per heavy atom. The highest BCUT2D eigenvalue weighted by Crippen LogP contribution is 2.44. The predicted octanol–water partition coefficient (Wildman–Crippen LogP) is 3.96. The summed E-state index contributed by atoms with van der Waals surface area (Å²) in [6.07, 6.45) is 18.5. The SMILES string of the molecule is O=C(O)CCC/C=C\C[C@@H]1C(CNC(=O)CNC(=O)CCCC2CCCCC2)[C@H]2CC[C@@H]1O2. The van der Waals surface area contributed by atoms with E-state index >= 15 is 0 Å². The zero-order chi connectivity index (χ0) is 23.5. The lowest BCUT2D eigenvalue weighted by Gasteiger charge is -2.27. The first-order chi connectivity index (χ1) is 16.0. The molecular formula is C26H42N2O5. The van der Waals surface area contributed by atoms with E-state index < -0.39 is 5.97 Å². The van der Waals surface area contributed by atoms with Crippen LogP contribution in [0.5, 0.6) is 0 Å². The lowest BCUT2D eigenvalue weighted by molar-refractivity contribution is -0.137. The van der Waals surface area contributed by atoms with Crippen LogP contribution in [-0.4, -0.2) is 48.2 Å². The molecule has 2 aliphatic heterocycles. The molecule has 1 saturated carbocycles. The molecule has 3 N–H and O–H groups in total. The summed E-state index contributed by atoms with van der Waals surface area (Å²) < 4.78 is 6.10. The van der Waals surface area contributed by atoms with E-state index in [4.69, 9.17) is 9.84 Å². The van der Waals surface area contributed by atoms with Gasteiger partial charge in [0.1, 0.15) is 0 Å². The molecule has 3 rings (SSSR count). The van der Waals surface area contributed by atoms with E-state index in [-0.39, 0.29) is 37.0 Å². The third-order valence-electron chi connectivity index (χ3n) is 7.65. The molecule has 0 radical (unpaired) electrons. The first-order valence-electron chi connectivity index (χ1n) is 13.1. The molecule has 33 heavy (non-hydrogen) atoms. The zero-order valence-corrected chi connectivity index (χ0v) is 19.9. The van der Waals surface area contributed by atoms with E-state index in [1.54, 1.807) is 0 Å². The molecule has 2 amide bonds. The second-order valence-corrected chi connectivity index (χ2v) is 10.1. The lowest BCUT2D eigenvalue weighted by atomic mass is 9.77. The van der Waals surface area contributed by atoms with Crippen LogP contribution in [0.3, 0.4) is 0 Å². The fourth-order valence-electron chi connectivity index (χ4n) is 5.81. The van der Waals surface area contributed by atoms with Crippen molar-refractivity contribution in [2.45, 2.75) is 102 Å². The second-order valence-electron chi connectivity index (χ2n) is 10.1. The maximum Gasteiger partial charge on any atom is 0.303 e. The van der Waals surface area contributed by atoms with Crippen LogP contribution >= 0.6 is 0 Å². The van der Waals surface area contributed by atoms with Crippen LogP contribution in [0.25, 0.3) is 0 Å². The molecular weight excluding hydrogens is 420 g/mol. The minimum Gasteiger partial charge on any atom is -0.481 e. The first kappa shape index (κ1) is 25.7. The molecule has 1 unspecified atom stereocenters. The molecule has 3 aliphatic rings. The van der Waals surface area contributed by atoms with Crippen molar-refractivity contribution in [1.82, 2.24) is 10.6 Å². The summed E-state index contributed by atoms with van der Waals surface area (Å²) >= 11 is 0. The summed E-state index contributed by atoms with van der Waals surface area (Å²) in [5.41, 5.74) is 0. The van der Waals surface area contributed by atoms with Gasteiger partial charge >= 0.3 is 5.97 Å². The van der Waals surface area contributed by atoms with Gasteiger partial charge in [0.05, 0.1) is 18.8 Å². The van der Waals surface area contributed by atoms with Gasteiger partial charge in [-0.05, 0) is 56.8 Å². The molecule has 0 spiro atoms. The van der Waals surface area contributed by atoms with E-state index in [9.17, 15) is 14.4 Å². The number of allylic oxidation sites excluding steroid dienone is 2. The third kappa shape index (κ3) is 8.76. The average molecular weight is 463 g/mol. The Bertz CT molecular complexity index is 674. The smallest absolute Gasteiger partial charge is 0.303 e. The van der Waals surface area contributed by atoms with E-state index in [0.717, 1.165) is 44.4 Å². The molecule has 7 nitrogen and oxygen atoms in total. The number of carboxylic acids is 1. The van der Waals surface area contributed by atoms with Gasteiger partial charge in [-0.1, -0.05) is 44.3 Å². The Hall–Kier alpha value is -1.89. The van der Waals surface area contributed by atoms with Gasteiger partial charge in [-0.15, -0.1) is 0 Å². The number of hydrogen-bond acceptors (Lipinski definition) is 4. The van der Waals surface area contributed by atoms with Crippen LogP contribution in [-0.2, 0) is 19.1 Å². The minimum atomic E-state index is -0.753. The van der Waals surface area contributed by atoms with Crippen molar-refractivity contribution in [3.05, 3.63) is 12.2 Å². The maximum atomic E-state index is 12.3. The highest BCUT2D eigenvalue weighted by molar-refractivity contribution is 5.84. The molecule has 3 fully saturated rings. The third-order valence-corrected chi connectivity index (χ3v) is 7.65. The molecule has 0 aromatic heterocycles. The van der Waals surface area contributed by atoms with Gasteiger partial charge in [0.25, 0.3) is 0 Å². The van der Waals surface area contributed by atoms with E-state index in [2.05, 4.69) is 22.8 Å². The van der Waals surface area contributed by atoms with Crippen LogP contribution in [0.2, 0.25) is 0 Å². The normalized spacial score (nSPS) is 27.2. The number of carboxylic acid groups (broad SMARTS) is 1. The van der Waals surface area contributed by atoms with Gasteiger partial charge in [0, 0.05) is 25.3 Å². The van der Waals surface area contributed by atoms with Crippen LogP contribution in [0, 0.1) is 17.8 Å². The lowest BCUT2D eigenvalue weighted by Crippen LogP contribution is -2.42. The van der Waals surface area contributed by atoms with Gasteiger partial charge in [0.15, 0.2) is 0 Å². The number of aliphatic carboxylic acids is 1. The van der Waals surface area contributed by atoms with Crippen molar-refractivity contribution in [3.8, 4) is 0 Å². The van der Waals surface area contributed by atoms with Crippen molar-refractivity contribution in [3.63, 3.8) is 0 Å².